The van der Waals surface area contributed by atoms with Gasteiger partial charge >= 0.3 is 5.97 Å². The average Bonchev–Trinajstić information content (AvgIpc) is 2.72. The van der Waals surface area contributed by atoms with Gasteiger partial charge in [-0.3, -0.25) is 0 Å². The van der Waals surface area contributed by atoms with E-state index in [1.54, 1.807) is 0 Å². The number of carbonyl (C=O) groups excluding carboxylic acids is 1. The smallest absolute Gasteiger partial charge is 0.349 e. The summed E-state index contributed by atoms with van der Waals surface area (Å²) >= 11 is 1.33. The summed E-state index contributed by atoms with van der Waals surface area (Å²) in [6.45, 7) is 0.936. The largest absolute Gasteiger partial charge is 0.465 e. The Morgan fingerprint density at radius 2 is 2.53 bits per heavy atom. The summed E-state index contributed by atoms with van der Waals surface area (Å²) in [7, 11) is 3.27. The van der Waals surface area contributed by atoms with Crippen molar-refractivity contribution in [3.63, 3.8) is 0 Å². The topological polar surface area (TPSA) is 51.2 Å². The van der Waals surface area contributed by atoms with Gasteiger partial charge < -0.3 is 10.1 Å². The third-order valence-electron chi connectivity index (χ3n) is 1.73. The monoisotopic (exact) mass is 226 g/mol. The Morgan fingerprint density at radius 1 is 1.73 bits per heavy atom. The number of ether oxygens (including phenoxy) is 1. The average molecular weight is 226 g/mol. The van der Waals surface area contributed by atoms with Crippen molar-refractivity contribution >= 4 is 23.4 Å². The molecule has 0 unspecified atom stereocenters. The quantitative estimate of drug-likeness (QED) is 0.611. The number of carbonyl (C=O) groups is 1. The number of thiazole rings is 1. The minimum atomic E-state index is -0.331. The molecule has 1 aromatic rings. The number of aromatic nitrogens is 1. The molecule has 0 saturated heterocycles. The van der Waals surface area contributed by atoms with Gasteiger partial charge in [-0.15, -0.1) is 11.3 Å². The number of hydrogen-bond acceptors (Lipinski definition) is 5. The summed E-state index contributed by atoms with van der Waals surface area (Å²) in [5, 5.41) is 3.87. The highest BCUT2D eigenvalue weighted by Crippen LogP contribution is 2.15. The van der Waals surface area contributed by atoms with E-state index in [9.17, 15) is 4.79 Å². The molecule has 0 aromatic carbocycles. The molecular weight excluding hydrogens is 212 g/mol. The van der Waals surface area contributed by atoms with Gasteiger partial charge in [0.05, 0.1) is 13.3 Å². The SMILES string of the molecule is CNCCC=Cc1ncc(C(=O)OC)s1. The lowest BCUT2D eigenvalue weighted by Crippen LogP contribution is -2.05. The van der Waals surface area contributed by atoms with Gasteiger partial charge in [-0.1, -0.05) is 6.08 Å². The predicted octanol–water partition coefficient (Wildman–Crippen LogP) is 1.55. The molecule has 4 nitrogen and oxygen atoms in total. The number of nitrogens with zero attached hydrogens (tertiary/aromatic N) is 1. The third-order valence-corrected chi connectivity index (χ3v) is 2.67. The second-order valence-electron chi connectivity index (χ2n) is 2.85. The van der Waals surface area contributed by atoms with Crippen molar-refractivity contribution in [3.05, 3.63) is 22.2 Å². The lowest BCUT2D eigenvalue weighted by molar-refractivity contribution is 0.0606. The zero-order chi connectivity index (χ0) is 11.1. The van der Waals surface area contributed by atoms with Crippen LogP contribution in [-0.4, -0.2) is 31.7 Å². The predicted molar refractivity (Wildman–Crippen MR) is 61.0 cm³/mol. The first-order valence-electron chi connectivity index (χ1n) is 4.63. The van der Waals surface area contributed by atoms with E-state index in [1.165, 1.54) is 24.6 Å². The fourth-order valence-electron chi connectivity index (χ4n) is 0.971. The van der Waals surface area contributed by atoms with Crippen LogP contribution in [0.1, 0.15) is 21.1 Å². The van der Waals surface area contributed by atoms with E-state index in [-0.39, 0.29) is 5.97 Å². The molecule has 0 bridgehead atoms. The first kappa shape index (κ1) is 11.9. The number of nitrogens with one attached hydrogen (secondary N) is 1. The summed E-state index contributed by atoms with van der Waals surface area (Å²) in [4.78, 5) is 15.7. The molecule has 82 valence electrons. The molecule has 0 amide bonds. The molecular formula is C10H14N2O2S. The number of esters is 1. The van der Waals surface area contributed by atoms with Crippen LogP contribution in [0.15, 0.2) is 12.3 Å². The minimum absolute atomic E-state index is 0.331. The van der Waals surface area contributed by atoms with Crippen LogP contribution in [-0.2, 0) is 4.74 Å². The Hall–Kier alpha value is -1.20. The van der Waals surface area contributed by atoms with Crippen molar-refractivity contribution in [1.82, 2.24) is 10.3 Å². The van der Waals surface area contributed by atoms with Crippen molar-refractivity contribution < 1.29 is 9.53 Å². The maximum Gasteiger partial charge on any atom is 0.349 e. The molecule has 0 radical (unpaired) electrons. The molecule has 0 fully saturated rings. The van der Waals surface area contributed by atoms with Crippen LogP contribution in [0.4, 0.5) is 0 Å². The molecule has 0 saturated carbocycles. The number of rotatable bonds is 5. The molecule has 1 aromatic heterocycles. The minimum Gasteiger partial charge on any atom is -0.465 e. The zero-order valence-corrected chi connectivity index (χ0v) is 9.63. The molecule has 0 spiro atoms. The highest BCUT2D eigenvalue weighted by atomic mass is 32.1. The molecule has 1 heterocycles. The van der Waals surface area contributed by atoms with Crippen LogP contribution in [0.3, 0.4) is 0 Å². The molecule has 0 aliphatic rings. The third kappa shape index (κ3) is 3.81. The molecule has 15 heavy (non-hydrogen) atoms. The van der Waals surface area contributed by atoms with Gasteiger partial charge in [0, 0.05) is 0 Å². The zero-order valence-electron chi connectivity index (χ0n) is 8.82. The van der Waals surface area contributed by atoms with E-state index in [0.29, 0.717) is 4.88 Å². The van der Waals surface area contributed by atoms with Crippen molar-refractivity contribution in [1.29, 1.82) is 0 Å². The van der Waals surface area contributed by atoms with Crippen molar-refractivity contribution in [2.45, 2.75) is 6.42 Å². The fraction of sp³-hybridized carbons (Fsp3) is 0.400. The highest BCUT2D eigenvalue weighted by Gasteiger charge is 2.08. The molecule has 0 aliphatic carbocycles. The van der Waals surface area contributed by atoms with Crippen LogP contribution >= 0.6 is 11.3 Å². The highest BCUT2D eigenvalue weighted by molar-refractivity contribution is 7.14. The van der Waals surface area contributed by atoms with E-state index >= 15 is 0 Å². The van der Waals surface area contributed by atoms with Crippen LogP contribution in [0.2, 0.25) is 0 Å². The van der Waals surface area contributed by atoms with Gasteiger partial charge in [-0.2, -0.15) is 0 Å². The van der Waals surface area contributed by atoms with Gasteiger partial charge in [0.25, 0.3) is 0 Å². The van der Waals surface area contributed by atoms with E-state index in [1.807, 2.05) is 19.2 Å². The van der Waals surface area contributed by atoms with Crippen LogP contribution in [0, 0.1) is 0 Å². The van der Waals surface area contributed by atoms with Gasteiger partial charge in [0.1, 0.15) is 9.88 Å². The number of hydrogen-bond donors (Lipinski definition) is 1. The Kier molecular flexibility index (Phi) is 5.00. The van der Waals surface area contributed by atoms with E-state index in [4.69, 9.17) is 0 Å². The summed E-state index contributed by atoms with van der Waals surface area (Å²) in [6, 6.07) is 0. The molecule has 0 aliphatic heterocycles. The normalized spacial score (nSPS) is 10.8. The lowest BCUT2D eigenvalue weighted by Gasteiger charge is -1.90. The van der Waals surface area contributed by atoms with Gasteiger partial charge in [-0.05, 0) is 26.1 Å². The molecule has 5 heteroatoms. The van der Waals surface area contributed by atoms with Crippen LogP contribution < -0.4 is 5.32 Å². The molecule has 1 N–H and O–H groups in total. The summed E-state index contributed by atoms with van der Waals surface area (Å²) < 4.78 is 4.59. The van der Waals surface area contributed by atoms with Gasteiger partial charge in [0.15, 0.2) is 0 Å². The lowest BCUT2D eigenvalue weighted by atomic mass is 10.4. The van der Waals surface area contributed by atoms with Gasteiger partial charge in [-0.25, -0.2) is 9.78 Å². The Morgan fingerprint density at radius 3 is 3.20 bits per heavy atom. The van der Waals surface area contributed by atoms with Crippen molar-refractivity contribution in [2.75, 3.05) is 20.7 Å². The second kappa shape index (κ2) is 6.31. The number of methoxy groups -OCH3 is 1. The molecule has 0 atom stereocenters. The van der Waals surface area contributed by atoms with E-state index in [0.717, 1.165) is 18.0 Å². The van der Waals surface area contributed by atoms with E-state index < -0.39 is 0 Å². The summed E-state index contributed by atoms with van der Waals surface area (Å²) in [5.41, 5.74) is 0. The second-order valence-corrected chi connectivity index (χ2v) is 3.91. The first-order valence-corrected chi connectivity index (χ1v) is 5.45. The molecule has 1 rings (SSSR count). The summed E-state index contributed by atoms with van der Waals surface area (Å²) in [6.07, 6.45) is 6.42. The van der Waals surface area contributed by atoms with Crippen molar-refractivity contribution in [2.24, 2.45) is 0 Å². The van der Waals surface area contributed by atoms with E-state index in [2.05, 4.69) is 15.0 Å². The van der Waals surface area contributed by atoms with Crippen LogP contribution in [0.5, 0.6) is 0 Å². The fourth-order valence-corrected chi connectivity index (χ4v) is 1.74. The Labute approximate surface area is 93.0 Å². The first-order chi connectivity index (χ1) is 7.27. The standard InChI is InChI=1S/C10H14N2O2S/c1-11-6-4-3-5-9-12-7-8(15-9)10(13)14-2/h3,5,7,11H,4,6H2,1-2H3. The van der Waals surface area contributed by atoms with Crippen molar-refractivity contribution in [3.8, 4) is 0 Å². The Bertz CT molecular complexity index is 347. The maximum atomic E-state index is 11.1. The Balaban J connectivity index is 2.52. The summed E-state index contributed by atoms with van der Waals surface area (Å²) in [5.74, 6) is -0.331. The van der Waals surface area contributed by atoms with Crippen LogP contribution in [0.25, 0.3) is 6.08 Å². The maximum absolute atomic E-state index is 11.1. The van der Waals surface area contributed by atoms with Gasteiger partial charge in [0.2, 0.25) is 0 Å².